The molecular formula is C20H26N4O2. The van der Waals surface area contributed by atoms with Gasteiger partial charge in [0.1, 0.15) is 17.4 Å². The second-order valence-electron chi connectivity index (χ2n) is 7.12. The lowest BCUT2D eigenvalue weighted by molar-refractivity contribution is 0.0661. The summed E-state index contributed by atoms with van der Waals surface area (Å²) in [7, 11) is 0. The van der Waals surface area contributed by atoms with Crippen molar-refractivity contribution < 1.29 is 9.53 Å². The van der Waals surface area contributed by atoms with Gasteiger partial charge in [0.25, 0.3) is 5.91 Å². The first-order valence-corrected chi connectivity index (χ1v) is 9.68. The van der Waals surface area contributed by atoms with E-state index in [1.807, 2.05) is 31.2 Å². The molecule has 2 aliphatic rings. The fourth-order valence-electron chi connectivity index (χ4n) is 4.30. The quantitative estimate of drug-likeness (QED) is 0.828. The zero-order valence-electron chi connectivity index (χ0n) is 15.5. The van der Waals surface area contributed by atoms with Crippen LogP contribution in [0.5, 0.6) is 5.75 Å². The van der Waals surface area contributed by atoms with Gasteiger partial charge in [-0.15, -0.1) is 10.2 Å². The van der Waals surface area contributed by atoms with E-state index in [4.69, 9.17) is 4.74 Å². The van der Waals surface area contributed by atoms with E-state index < -0.39 is 0 Å². The predicted octanol–water partition coefficient (Wildman–Crippen LogP) is 2.86. The third-order valence-electron chi connectivity index (χ3n) is 5.46. The van der Waals surface area contributed by atoms with Crippen LogP contribution in [0.15, 0.2) is 24.3 Å². The molecule has 4 rings (SSSR count). The van der Waals surface area contributed by atoms with Gasteiger partial charge in [-0.25, -0.2) is 0 Å². The highest BCUT2D eigenvalue weighted by molar-refractivity contribution is 5.97. The van der Waals surface area contributed by atoms with E-state index in [1.54, 1.807) is 0 Å². The number of carbonyl (C=O) groups excluding carboxylic acids is 1. The van der Waals surface area contributed by atoms with Crippen LogP contribution in [0.1, 0.15) is 55.1 Å². The average molecular weight is 354 g/mol. The van der Waals surface area contributed by atoms with Gasteiger partial charge in [0.2, 0.25) is 0 Å². The van der Waals surface area contributed by atoms with Gasteiger partial charge in [-0.1, -0.05) is 19.1 Å². The molecule has 2 aliphatic heterocycles. The molecule has 2 bridgehead atoms. The molecule has 2 unspecified atom stereocenters. The zero-order valence-corrected chi connectivity index (χ0v) is 15.5. The van der Waals surface area contributed by atoms with Crippen molar-refractivity contribution in [2.75, 3.05) is 6.61 Å². The molecule has 0 radical (unpaired) electrons. The van der Waals surface area contributed by atoms with Crippen molar-refractivity contribution in [2.24, 2.45) is 0 Å². The zero-order chi connectivity index (χ0) is 18.1. The Morgan fingerprint density at radius 1 is 1.19 bits per heavy atom. The van der Waals surface area contributed by atoms with Gasteiger partial charge in [-0.3, -0.25) is 4.79 Å². The highest BCUT2D eigenvalue weighted by Gasteiger charge is 2.41. The van der Waals surface area contributed by atoms with Crippen molar-refractivity contribution in [1.82, 2.24) is 19.7 Å². The summed E-state index contributed by atoms with van der Waals surface area (Å²) in [5, 5.41) is 8.80. The molecule has 1 aromatic carbocycles. The van der Waals surface area contributed by atoms with Crippen LogP contribution in [0.2, 0.25) is 0 Å². The molecule has 0 saturated carbocycles. The molecule has 1 aromatic heterocycles. The van der Waals surface area contributed by atoms with Crippen molar-refractivity contribution in [3.63, 3.8) is 0 Å². The Bertz CT molecular complexity index is 801. The third-order valence-corrected chi connectivity index (χ3v) is 5.46. The number of aromatic nitrogens is 3. The van der Waals surface area contributed by atoms with Gasteiger partial charge < -0.3 is 14.2 Å². The molecule has 1 fully saturated rings. The fraction of sp³-hybridized carbons (Fsp3) is 0.550. The van der Waals surface area contributed by atoms with Gasteiger partial charge in [0.15, 0.2) is 0 Å². The summed E-state index contributed by atoms with van der Waals surface area (Å²) in [5.74, 6) is 2.83. The van der Waals surface area contributed by atoms with E-state index in [-0.39, 0.29) is 18.0 Å². The fourth-order valence-corrected chi connectivity index (χ4v) is 4.30. The van der Waals surface area contributed by atoms with E-state index >= 15 is 0 Å². The van der Waals surface area contributed by atoms with Crippen molar-refractivity contribution >= 4 is 5.91 Å². The lowest BCUT2D eigenvalue weighted by atomic mass is 10.1. The normalized spacial score (nSPS) is 21.4. The maximum atomic E-state index is 13.4. The van der Waals surface area contributed by atoms with Gasteiger partial charge in [0.05, 0.1) is 18.2 Å². The number of benzene rings is 1. The van der Waals surface area contributed by atoms with Gasteiger partial charge in [-0.05, 0) is 38.3 Å². The van der Waals surface area contributed by atoms with Crippen LogP contribution in [0.4, 0.5) is 0 Å². The van der Waals surface area contributed by atoms with E-state index in [2.05, 4.69) is 26.6 Å². The SMILES string of the molecule is CCCc1nnc2n1CC1CCC(C2)N1C(=O)c1ccccc1OCC. The maximum absolute atomic E-state index is 13.4. The smallest absolute Gasteiger partial charge is 0.258 e. The van der Waals surface area contributed by atoms with E-state index in [1.165, 1.54) is 0 Å². The van der Waals surface area contributed by atoms with Crippen LogP contribution in [-0.4, -0.2) is 44.3 Å². The summed E-state index contributed by atoms with van der Waals surface area (Å²) >= 11 is 0. The number of carbonyl (C=O) groups is 1. The standard InChI is InChI=1S/C20H26N4O2/c1-3-7-18-21-22-19-12-14-10-11-15(13-23(18)19)24(14)20(25)16-8-5-6-9-17(16)26-4-2/h5-6,8-9,14-15H,3-4,7,10-13H2,1-2H3. The molecule has 1 amide bonds. The highest BCUT2D eigenvalue weighted by atomic mass is 16.5. The largest absolute Gasteiger partial charge is 0.493 e. The summed E-state index contributed by atoms with van der Waals surface area (Å²) < 4.78 is 7.95. The Morgan fingerprint density at radius 2 is 2.00 bits per heavy atom. The molecule has 2 atom stereocenters. The molecule has 138 valence electrons. The third kappa shape index (κ3) is 2.87. The Labute approximate surface area is 154 Å². The van der Waals surface area contributed by atoms with E-state index in [9.17, 15) is 4.79 Å². The summed E-state index contributed by atoms with van der Waals surface area (Å²) in [4.78, 5) is 15.5. The van der Waals surface area contributed by atoms with Crippen molar-refractivity contribution in [3.8, 4) is 5.75 Å². The topological polar surface area (TPSA) is 60.2 Å². The van der Waals surface area contributed by atoms with Crippen LogP contribution < -0.4 is 4.74 Å². The number of hydrogen-bond acceptors (Lipinski definition) is 4. The van der Waals surface area contributed by atoms with Crippen LogP contribution in [0, 0.1) is 0 Å². The summed E-state index contributed by atoms with van der Waals surface area (Å²) in [6.07, 6.45) is 4.84. The first-order valence-electron chi connectivity index (χ1n) is 9.68. The summed E-state index contributed by atoms with van der Waals surface area (Å²) in [5.41, 5.74) is 0.665. The molecular weight excluding hydrogens is 328 g/mol. The van der Waals surface area contributed by atoms with Crippen LogP contribution in [0.3, 0.4) is 0 Å². The van der Waals surface area contributed by atoms with Crippen LogP contribution >= 0.6 is 0 Å². The Hall–Kier alpha value is -2.37. The molecule has 2 aromatic rings. The van der Waals surface area contributed by atoms with Crippen LogP contribution in [-0.2, 0) is 19.4 Å². The minimum Gasteiger partial charge on any atom is -0.493 e. The number of ether oxygens (including phenoxy) is 1. The summed E-state index contributed by atoms with van der Waals surface area (Å²) in [6, 6.07) is 7.98. The first-order chi connectivity index (χ1) is 12.7. The summed E-state index contributed by atoms with van der Waals surface area (Å²) in [6.45, 7) is 5.46. The average Bonchev–Trinajstić information content (AvgIpc) is 3.15. The molecule has 0 spiro atoms. The Kier molecular flexibility index (Phi) is 4.66. The van der Waals surface area contributed by atoms with E-state index in [0.29, 0.717) is 17.9 Å². The minimum absolute atomic E-state index is 0.0808. The number of hydrogen-bond donors (Lipinski definition) is 0. The molecule has 1 saturated heterocycles. The van der Waals surface area contributed by atoms with E-state index in [0.717, 1.165) is 50.3 Å². The number of aryl methyl sites for hydroxylation is 1. The molecule has 3 heterocycles. The minimum atomic E-state index is 0.0808. The molecule has 6 nitrogen and oxygen atoms in total. The van der Waals surface area contributed by atoms with Gasteiger partial charge >= 0.3 is 0 Å². The Morgan fingerprint density at radius 3 is 2.81 bits per heavy atom. The van der Waals surface area contributed by atoms with Crippen molar-refractivity contribution in [2.45, 2.75) is 64.6 Å². The van der Waals surface area contributed by atoms with Gasteiger partial charge in [-0.2, -0.15) is 0 Å². The highest BCUT2D eigenvalue weighted by Crippen LogP contribution is 2.34. The van der Waals surface area contributed by atoms with Crippen molar-refractivity contribution in [1.29, 1.82) is 0 Å². The maximum Gasteiger partial charge on any atom is 0.258 e. The molecule has 26 heavy (non-hydrogen) atoms. The van der Waals surface area contributed by atoms with Gasteiger partial charge in [0, 0.05) is 25.4 Å². The number of para-hydroxylation sites is 1. The van der Waals surface area contributed by atoms with Crippen molar-refractivity contribution in [3.05, 3.63) is 41.5 Å². The lowest BCUT2D eigenvalue weighted by Crippen LogP contribution is -2.42. The second kappa shape index (κ2) is 7.09. The molecule has 6 heteroatoms. The number of nitrogens with zero attached hydrogens (tertiary/aromatic N) is 4. The molecule has 0 N–H and O–H groups in total. The number of fused-ring (bicyclic) bond motifs is 3. The Balaban J connectivity index is 1.64. The molecule has 0 aliphatic carbocycles. The monoisotopic (exact) mass is 354 g/mol. The van der Waals surface area contributed by atoms with Crippen LogP contribution in [0.25, 0.3) is 0 Å². The number of amides is 1. The predicted molar refractivity (Wildman–Crippen MR) is 98.3 cm³/mol. The lowest BCUT2D eigenvalue weighted by Gasteiger charge is -2.28. The second-order valence-corrected chi connectivity index (χ2v) is 7.12. The first kappa shape index (κ1) is 17.1. The number of rotatable bonds is 5.